The van der Waals surface area contributed by atoms with Crippen LogP contribution in [0.4, 0.5) is 4.39 Å². The van der Waals surface area contributed by atoms with E-state index in [2.05, 4.69) is 4.98 Å². The van der Waals surface area contributed by atoms with Crippen LogP contribution in [0.25, 0.3) is 5.69 Å². The molecule has 2 N–H and O–H groups in total. The van der Waals surface area contributed by atoms with Crippen molar-refractivity contribution in [3.05, 3.63) is 47.8 Å². The summed E-state index contributed by atoms with van der Waals surface area (Å²) in [5.74, 6) is -0.255. The Labute approximate surface area is 100 Å². The number of hydrogen-bond acceptors (Lipinski definition) is 2. The van der Waals surface area contributed by atoms with Gasteiger partial charge in [-0.1, -0.05) is 0 Å². The highest BCUT2D eigenvalue weighted by Crippen LogP contribution is 2.21. The lowest BCUT2D eigenvalue weighted by atomic mass is 10.0. The predicted molar refractivity (Wildman–Crippen MR) is 65.5 cm³/mol. The van der Waals surface area contributed by atoms with Gasteiger partial charge in [0.05, 0.1) is 29.4 Å². The molecule has 0 aliphatic carbocycles. The molecule has 0 saturated carbocycles. The second-order valence-corrected chi connectivity index (χ2v) is 4.86. The summed E-state index contributed by atoms with van der Waals surface area (Å²) in [6, 6.07) is 4.87. The summed E-state index contributed by atoms with van der Waals surface area (Å²) in [7, 11) is 0. The van der Waals surface area contributed by atoms with Crippen LogP contribution in [0.15, 0.2) is 30.7 Å². The summed E-state index contributed by atoms with van der Waals surface area (Å²) in [6.45, 7) is 5.65. The molecule has 90 valence electrons. The Kier molecular flexibility index (Phi) is 2.75. The molecule has 17 heavy (non-hydrogen) atoms. The fraction of sp³-hybridized carbons (Fsp3) is 0.308. The Morgan fingerprint density at radius 3 is 2.59 bits per heavy atom. The van der Waals surface area contributed by atoms with E-state index in [1.165, 1.54) is 12.1 Å². The van der Waals surface area contributed by atoms with Crippen molar-refractivity contribution < 1.29 is 4.39 Å². The van der Waals surface area contributed by atoms with Gasteiger partial charge in [-0.15, -0.1) is 0 Å². The normalized spacial score (nSPS) is 11.8. The van der Waals surface area contributed by atoms with Crippen LogP contribution < -0.4 is 5.73 Å². The van der Waals surface area contributed by atoms with Crippen molar-refractivity contribution in [1.29, 1.82) is 0 Å². The summed E-state index contributed by atoms with van der Waals surface area (Å²) < 4.78 is 15.2. The standard InChI is InChI=1S/C13H16FN3/c1-9-4-10(14)6-11(5-9)17-8-16-7-12(17)13(2,3)15/h4-8H,15H2,1-3H3. The molecule has 0 unspecified atom stereocenters. The monoisotopic (exact) mass is 233 g/mol. The Morgan fingerprint density at radius 1 is 1.29 bits per heavy atom. The third-order valence-corrected chi connectivity index (χ3v) is 2.60. The number of halogens is 1. The summed E-state index contributed by atoms with van der Waals surface area (Å²) in [5, 5.41) is 0. The zero-order valence-corrected chi connectivity index (χ0v) is 10.2. The van der Waals surface area contributed by atoms with Crippen molar-refractivity contribution in [1.82, 2.24) is 9.55 Å². The minimum absolute atomic E-state index is 0.255. The minimum Gasteiger partial charge on any atom is -0.321 e. The maximum atomic E-state index is 13.4. The summed E-state index contributed by atoms with van der Waals surface area (Å²) in [6.07, 6.45) is 3.36. The van der Waals surface area contributed by atoms with Gasteiger partial charge < -0.3 is 10.3 Å². The van der Waals surface area contributed by atoms with Crippen molar-refractivity contribution in [2.24, 2.45) is 5.73 Å². The molecule has 1 aromatic heterocycles. The van der Waals surface area contributed by atoms with E-state index < -0.39 is 5.54 Å². The molecule has 0 bridgehead atoms. The molecular formula is C13H16FN3. The predicted octanol–water partition coefficient (Wildman–Crippen LogP) is 2.51. The van der Waals surface area contributed by atoms with Gasteiger partial charge in [0.15, 0.2) is 0 Å². The van der Waals surface area contributed by atoms with Gasteiger partial charge in [0, 0.05) is 0 Å². The molecule has 0 aliphatic rings. The van der Waals surface area contributed by atoms with Crippen molar-refractivity contribution in [3.63, 3.8) is 0 Å². The third-order valence-electron chi connectivity index (χ3n) is 2.60. The first kappa shape index (κ1) is 11.8. The Morgan fingerprint density at radius 2 is 2.00 bits per heavy atom. The highest BCUT2D eigenvalue weighted by molar-refractivity contribution is 5.38. The molecule has 2 aromatic rings. The molecule has 4 heteroatoms. The first-order valence-corrected chi connectivity index (χ1v) is 5.47. The van der Waals surface area contributed by atoms with Crippen LogP contribution in [0.3, 0.4) is 0 Å². The Hall–Kier alpha value is -1.68. The van der Waals surface area contributed by atoms with E-state index in [1.54, 1.807) is 12.5 Å². The maximum absolute atomic E-state index is 13.4. The highest BCUT2D eigenvalue weighted by Gasteiger charge is 2.19. The van der Waals surface area contributed by atoms with Gasteiger partial charge in [0.2, 0.25) is 0 Å². The number of benzene rings is 1. The van der Waals surface area contributed by atoms with E-state index >= 15 is 0 Å². The number of aromatic nitrogens is 2. The Bertz CT molecular complexity index is 518. The minimum atomic E-state index is -0.517. The lowest BCUT2D eigenvalue weighted by Gasteiger charge is -2.20. The molecule has 3 nitrogen and oxygen atoms in total. The fourth-order valence-electron chi connectivity index (χ4n) is 1.83. The number of aryl methyl sites for hydroxylation is 1. The number of imidazole rings is 1. The second kappa shape index (κ2) is 3.96. The average Bonchev–Trinajstić information content (AvgIpc) is 2.63. The summed E-state index contributed by atoms with van der Waals surface area (Å²) in [4.78, 5) is 4.08. The van der Waals surface area contributed by atoms with Crippen molar-refractivity contribution in [2.45, 2.75) is 26.3 Å². The number of nitrogens with zero attached hydrogens (tertiary/aromatic N) is 2. The van der Waals surface area contributed by atoms with E-state index in [9.17, 15) is 4.39 Å². The third kappa shape index (κ3) is 2.36. The van der Waals surface area contributed by atoms with Crippen LogP contribution in [0.1, 0.15) is 25.1 Å². The first-order valence-electron chi connectivity index (χ1n) is 5.47. The molecule has 0 fully saturated rings. The van der Waals surface area contributed by atoms with Crippen molar-refractivity contribution in [2.75, 3.05) is 0 Å². The molecule has 0 amide bonds. The van der Waals surface area contributed by atoms with Crippen molar-refractivity contribution in [3.8, 4) is 5.69 Å². The number of nitrogens with two attached hydrogens (primary N) is 1. The molecule has 0 atom stereocenters. The van der Waals surface area contributed by atoms with Crippen molar-refractivity contribution >= 4 is 0 Å². The topological polar surface area (TPSA) is 43.8 Å². The molecule has 0 aliphatic heterocycles. The van der Waals surface area contributed by atoms with E-state index in [4.69, 9.17) is 5.73 Å². The summed E-state index contributed by atoms with van der Waals surface area (Å²) >= 11 is 0. The van der Waals surface area contributed by atoms with Gasteiger partial charge >= 0.3 is 0 Å². The molecule has 0 radical (unpaired) electrons. The van der Waals surface area contributed by atoms with E-state index in [-0.39, 0.29) is 5.82 Å². The molecule has 1 heterocycles. The molecule has 1 aromatic carbocycles. The zero-order chi connectivity index (χ0) is 12.6. The SMILES string of the molecule is Cc1cc(F)cc(-n2cncc2C(C)(C)N)c1. The van der Waals surface area contributed by atoms with Gasteiger partial charge in [-0.3, -0.25) is 0 Å². The van der Waals surface area contributed by atoms with Gasteiger partial charge in [-0.25, -0.2) is 9.37 Å². The quantitative estimate of drug-likeness (QED) is 0.866. The van der Waals surface area contributed by atoms with Gasteiger partial charge in [0.25, 0.3) is 0 Å². The Balaban J connectivity index is 2.57. The lowest BCUT2D eigenvalue weighted by Crippen LogP contribution is -2.31. The van der Waals surface area contributed by atoms with Crippen LogP contribution in [-0.4, -0.2) is 9.55 Å². The van der Waals surface area contributed by atoms with Crippen LogP contribution in [0, 0.1) is 12.7 Å². The van der Waals surface area contributed by atoms with Crippen LogP contribution >= 0.6 is 0 Å². The molecule has 0 saturated heterocycles. The van der Waals surface area contributed by atoms with Crippen LogP contribution in [0.2, 0.25) is 0 Å². The summed E-state index contributed by atoms with van der Waals surface area (Å²) in [5.41, 5.74) is 8.01. The van der Waals surface area contributed by atoms with Crippen LogP contribution in [-0.2, 0) is 5.54 Å². The molecular weight excluding hydrogens is 217 g/mol. The maximum Gasteiger partial charge on any atom is 0.125 e. The van der Waals surface area contributed by atoms with Gasteiger partial charge in [-0.05, 0) is 44.5 Å². The lowest BCUT2D eigenvalue weighted by molar-refractivity contribution is 0.524. The van der Waals surface area contributed by atoms with Gasteiger partial charge in [-0.2, -0.15) is 0 Å². The van der Waals surface area contributed by atoms with Crippen LogP contribution in [0.5, 0.6) is 0 Å². The fourth-order valence-corrected chi connectivity index (χ4v) is 1.83. The van der Waals surface area contributed by atoms with E-state index in [0.29, 0.717) is 0 Å². The average molecular weight is 233 g/mol. The zero-order valence-electron chi connectivity index (χ0n) is 10.2. The first-order chi connectivity index (χ1) is 7.88. The molecule has 0 spiro atoms. The number of hydrogen-bond donors (Lipinski definition) is 1. The highest BCUT2D eigenvalue weighted by atomic mass is 19.1. The van der Waals surface area contributed by atoms with Gasteiger partial charge in [0.1, 0.15) is 5.82 Å². The van der Waals surface area contributed by atoms with E-state index in [1.807, 2.05) is 31.4 Å². The largest absolute Gasteiger partial charge is 0.321 e. The number of rotatable bonds is 2. The molecule has 2 rings (SSSR count). The smallest absolute Gasteiger partial charge is 0.125 e. The second-order valence-electron chi connectivity index (χ2n) is 4.86. The van der Waals surface area contributed by atoms with E-state index in [0.717, 1.165) is 16.9 Å².